The highest BCUT2D eigenvalue weighted by Crippen LogP contribution is 2.23. The number of thioether (sulfide) groups is 4. The lowest BCUT2D eigenvalue weighted by atomic mass is 10.2. The summed E-state index contributed by atoms with van der Waals surface area (Å²) in [7, 11) is 3.98. The molecular weight excluding hydrogens is 853 g/mol. The number of nitrogens with one attached hydrogen (secondary N) is 4. The van der Waals surface area contributed by atoms with Gasteiger partial charge in [-0.2, -0.15) is 47.0 Å². The molecule has 4 fully saturated rings. The Kier molecular flexibility index (Phi) is 39.2. The molecule has 0 spiro atoms. The standard InChI is InChI=1S/C8H15NS.C8H16O2S.C7H13NOS.C7H13NS2.C5H13NO.C5H11N.C4H11NO/c1-6-4-5-10-8(3)7(2)9-6;1-6(2)7(3)11-5-4-8(9)10;2*1-5-6(2)10-4-3-7(9)8-5;1-4(6-3)5(2)7;1-4-5(2)6(4)3;1-3(5)4(2)6/h7-9H,1,4-5H2,2-3H3;6-7H,4-5H2,1-3H3,(H,9,10);2*5-6H,3-4H2,1-2H3,(H,8,9);4-7H,1-3H3;4-5H,1-3H3;3-4,6H,5H2,1-2H3. The molecule has 16 heteroatoms. The van der Waals surface area contributed by atoms with Gasteiger partial charge in [-0.15, -0.1) is 0 Å². The fourth-order valence-corrected chi connectivity index (χ4v) is 8.97. The van der Waals surface area contributed by atoms with Crippen LogP contribution in [0.25, 0.3) is 0 Å². The predicted molar refractivity (Wildman–Crippen MR) is 275 cm³/mol. The van der Waals surface area contributed by atoms with Crippen LogP contribution in [0, 0.1) is 5.92 Å². The number of carbonyl (C=O) groups excluding carboxylic acids is 1. The monoisotopic (exact) mass is 945 g/mol. The summed E-state index contributed by atoms with van der Waals surface area (Å²) in [6, 6.07) is 3.28. The fraction of sp³-hybridized carbons (Fsp3) is 0.886. The Morgan fingerprint density at radius 2 is 1.22 bits per heavy atom. The number of thiocarbonyl (C=S) groups is 1. The van der Waals surface area contributed by atoms with Gasteiger partial charge in [0.2, 0.25) is 5.91 Å². The Morgan fingerprint density at radius 3 is 1.57 bits per heavy atom. The SMILES string of the molecule is C=C1CCSC(C)C(C)N1.CC(C)C(C)SCCC(=O)O.CC(N)C(C)O.CC1C(C)N1C.CC1NC(=O)CCSC1C.CC1NC(=S)CCSC1C.CNC(C)C(C)O. The van der Waals surface area contributed by atoms with Gasteiger partial charge in [-0.3, -0.25) is 14.5 Å². The van der Waals surface area contributed by atoms with Crippen molar-refractivity contribution in [2.75, 3.05) is 37.1 Å². The van der Waals surface area contributed by atoms with E-state index >= 15 is 0 Å². The second-order valence-corrected chi connectivity index (χ2v) is 23.2. The van der Waals surface area contributed by atoms with Gasteiger partial charge in [0.15, 0.2) is 0 Å². The molecule has 0 aliphatic carbocycles. The maximum absolute atomic E-state index is 10.9. The number of aliphatic hydroxyl groups excluding tert-OH is 2. The maximum Gasteiger partial charge on any atom is 0.304 e. The van der Waals surface area contributed by atoms with Crippen molar-refractivity contribution in [3.8, 4) is 0 Å². The molecule has 0 saturated carbocycles. The second-order valence-electron chi connectivity index (χ2n) is 16.8. The molecule has 1 amide bonds. The lowest BCUT2D eigenvalue weighted by molar-refractivity contribution is -0.136. The predicted octanol–water partition coefficient (Wildman–Crippen LogP) is 7.47. The maximum atomic E-state index is 10.9. The Morgan fingerprint density at radius 1 is 0.817 bits per heavy atom. The van der Waals surface area contributed by atoms with Crippen LogP contribution in [0.15, 0.2) is 12.3 Å². The summed E-state index contributed by atoms with van der Waals surface area (Å²) >= 11 is 12.7. The van der Waals surface area contributed by atoms with Crippen molar-refractivity contribution in [1.82, 2.24) is 26.2 Å². The average molecular weight is 946 g/mol. The molecule has 0 radical (unpaired) electrons. The molecular formula is C44H92N6O5S5. The first kappa shape index (κ1) is 63.9. The number of nitrogens with zero attached hydrogens (tertiary/aromatic N) is 1. The van der Waals surface area contributed by atoms with Gasteiger partial charge in [-0.1, -0.05) is 60.3 Å². The molecule has 4 heterocycles. The highest BCUT2D eigenvalue weighted by atomic mass is 32.2. The molecule has 9 N–H and O–H groups in total. The van der Waals surface area contributed by atoms with Crippen molar-refractivity contribution in [2.45, 2.75) is 205 Å². The van der Waals surface area contributed by atoms with E-state index in [2.05, 4.69) is 116 Å². The first-order valence-corrected chi connectivity index (χ1v) is 26.5. The average Bonchev–Trinajstić information content (AvgIpc) is 3.82. The molecule has 13 unspecified atom stereocenters. The third-order valence-electron chi connectivity index (χ3n) is 11.0. The molecule has 358 valence electrons. The van der Waals surface area contributed by atoms with E-state index in [4.69, 9.17) is 33.3 Å². The van der Waals surface area contributed by atoms with Crippen LogP contribution < -0.4 is 27.0 Å². The number of nitrogens with two attached hydrogens (primary N) is 1. The highest BCUT2D eigenvalue weighted by molar-refractivity contribution is 8.00. The van der Waals surface area contributed by atoms with E-state index in [1.165, 1.54) is 17.2 Å². The third-order valence-corrected chi connectivity index (χ3v) is 16.9. The summed E-state index contributed by atoms with van der Waals surface area (Å²) in [5.74, 6) is 4.23. The zero-order valence-corrected chi connectivity index (χ0v) is 44.8. The molecule has 0 aromatic carbocycles. The molecule has 11 nitrogen and oxygen atoms in total. The largest absolute Gasteiger partial charge is 0.481 e. The number of carboxylic acid groups (broad SMARTS) is 1. The lowest BCUT2D eigenvalue weighted by Crippen LogP contribution is -2.36. The minimum absolute atomic E-state index is 0.0926. The van der Waals surface area contributed by atoms with Crippen LogP contribution in [0.4, 0.5) is 0 Å². The molecule has 13 atom stereocenters. The van der Waals surface area contributed by atoms with Crippen LogP contribution >= 0.6 is 59.3 Å². The second kappa shape index (κ2) is 36.9. The van der Waals surface area contributed by atoms with E-state index in [0.29, 0.717) is 46.2 Å². The molecule has 60 heavy (non-hydrogen) atoms. The van der Waals surface area contributed by atoms with E-state index in [9.17, 15) is 9.59 Å². The summed E-state index contributed by atoms with van der Waals surface area (Å²) in [6.45, 7) is 35.1. The quantitative estimate of drug-likeness (QED) is 0.0890. The third kappa shape index (κ3) is 36.0. The minimum Gasteiger partial charge on any atom is -0.481 e. The molecule has 0 aromatic heterocycles. The number of aliphatic hydroxyl groups is 2. The number of rotatable bonds is 8. The number of hydrogen-bond acceptors (Lipinski definition) is 13. The summed E-state index contributed by atoms with van der Waals surface area (Å²) < 4.78 is 0. The van der Waals surface area contributed by atoms with E-state index in [0.717, 1.165) is 46.7 Å². The Balaban J connectivity index is -0.000000639. The molecule has 4 aliphatic heterocycles. The van der Waals surface area contributed by atoms with Crippen molar-refractivity contribution < 1.29 is 24.9 Å². The molecule has 0 aromatic rings. The van der Waals surface area contributed by atoms with E-state index < -0.39 is 5.97 Å². The zero-order valence-electron chi connectivity index (χ0n) is 40.7. The van der Waals surface area contributed by atoms with Gasteiger partial charge in [0.1, 0.15) is 0 Å². The molecule has 4 aliphatic rings. The number of aliphatic carboxylic acids is 1. The normalized spacial score (nSPS) is 29.6. The van der Waals surface area contributed by atoms with E-state index in [-0.39, 0.29) is 36.6 Å². The van der Waals surface area contributed by atoms with Crippen LogP contribution in [-0.4, -0.2) is 150 Å². The summed E-state index contributed by atoms with van der Waals surface area (Å²) in [4.78, 5) is 24.4. The van der Waals surface area contributed by atoms with Crippen molar-refractivity contribution >= 4 is 76.1 Å². The van der Waals surface area contributed by atoms with Gasteiger partial charge < -0.3 is 42.3 Å². The molecule has 4 saturated heterocycles. The minimum atomic E-state index is -0.701. The van der Waals surface area contributed by atoms with Crippen LogP contribution in [0.5, 0.6) is 0 Å². The van der Waals surface area contributed by atoms with E-state index in [1.807, 2.05) is 49.3 Å². The lowest BCUT2D eigenvalue weighted by Gasteiger charge is -2.17. The van der Waals surface area contributed by atoms with Crippen LogP contribution in [0.1, 0.15) is 130 Å². The van der Waals surface area contributed by atoms with Gasteiger partial charge in [0.25, 0.3) is 0 Å². The number of likely N-dealkylation sites (N-methyl/N-ethyl adjacent to an activating group) is 2. The number of allylic oxidation sites excluding steroid dienone is 1. The van der Waals surface area contributed by atoms with Gasteiger partial charge in [-0.05, 0) is 100 Å². The number of carboxylic acids is 1. The first-order chi connectivity index (χ1) is 27.7. The van der Waals surface area contributed by atoms with Crippen LogP contribution in [0.3, 0.4) is 0 Å². The van der Waals surface area contributed by atoms with Crippen molar-refractivity contribution in [2.24, 2.45) is 11.7 Å². The fourth-order valence-electron chi connectivity index (χ4n) is 4.33. The van der Waals surface area contributed by atoms with Crippen molar-refractivity contribution in [3.63, 3.8) is 0 Å². The van der Waals surface area contributed by atoms with Crippen LogP contribution in [0.2, 0.25) is 0 Å². The Bertz CT molecular complexity index is 1030. The highest BCUT2D eigenvalue weighted by Gasteiger charge is 2.35. The molecule has 0 bridgehead atoms. The first-order valence-electron chi connectivity index (χ1n) is 21.9. The van der Waals surface area contributed by atoms with Gasteiger partial charge in [0.05, 0.1) is 23.6 Å². The summed E-state index contributed by atoms with van der Waals surface area (Å²) in [6.07, 6.45) is 2.52. The van der Waals surface area contributed by atoms with Gasteiger partial charge >= 0.3 is 5.97 Å². The van der Waals surface area contributed by atoms with Gasteiger partial charge in [-0.25, -0.2) is 0 Å². The molecule has 4 rings (SSSR count). The number of amides is 1. The summed E-state index contributed by atoms with van der Waals surface area (Å²) in [5.41, 5.74) is 6.38. The summed E-state index contributed by atoms with van der Waals surface area (Å²) in [5, 5.41) is 40.7. The van der Waals surface area contributed by atoms with Crippen LogP contribution in [-0.2, 0) is 9.59 Å². The van der Waals surface area contributed by atoms with Crippen molar-refractivity contribution in [1.29, 1.82) is 0 Å². The number of carbonyl (C=O) groups is 2. The van der Waals surface area contributed by atoms with E-state index in [1.54, 1.807) is 32.5 Å². The number of hydrogen-bond donors (Lipinski definition) is 8. The van der Waals surface area contributed by atoms with Gasteiger partial charge in [0, 0.05) is 93.3 Å². The Hall–Kier alpha value is -0.430. The van der Waals surface area contributed by atoms with Crippen molar-refractivity contribution in [3.05, 3.63) is 12.3 Å². The topological polar surface area (TPSA) is 172 Å². The smallest absolute Gasteiger partial charge is 0.304 e. The Labute approximate surface area is 391 Å². The zero-order chi connectivity index (χ0) is 47.3.